The lowest BCUT2D eigenvalue weighted by Gasteiger charge is -1.99. The number of hydrogen-bond donors (Lipinski definition) is 0. The molecule has 0 bridgehead atoms. The summed E-state index contributed by atoms with van der Waals surface area (Å²) in [6.45, 7) is 0. The first-order valence-electron chi connectivity index (χ1n) is 5.53. The highest BCUT2D eigenvalue weighted by atomic mass is 19.1. The average Bonchev–Trinajstić information content (AvgIpc) is 2.83. The fourth-order valence-corrected chi connectivity index (χ4v) is 1.91. The lowest BCUT2D eigenvalue weighted by atomic mass is 10.1. The lowest BCUT2D eigenvalue weighted by Crippen LogP contribution is -1.84. The highest BCUT2D eigenvalue weighted by Gasteiger charge is 2.08. The van der Waals surface area contributed by atoms with Crippen molar-refractivity contribution in [1.29, 1.82) is 0 Å². The Kier molecular flexibility index (Phi) is 2.39. The Hall–Kier alpha value is -2.53. The van der Waals surface area contributed by atoms with Gasteiger partial charge in [0.1, 0.15) is 17.2 Å². The van der Waals surface area contributed by atoms with Crippen LogP contribution in [0.4, 0.5) is 4.39 Å². The van der Waals surface area contributed by atoms with Gasteiger partial charge in [-0.2, -0.15) is 0 Å². The van der Waals surface area contributed by atoms with E-state index in [0.29, 0.717) is 5.76 Å². The molecule has 18 heavy (non-hydrogen) atoms. The van der Waals surface area contributed by atoms with Gasteiger partial charge in [0.05, 0.1) is 5.56 Å². The van der Waals surface area contributed by atoms with E-state index in [1.165, 1.54) is 6.07 Å². The molecule has 0 amide bonds. The van der Waals surface area contributed by atoms with Gasteiger partial charge in [-0.1, -0.05) is 24.1 Å². The second kappa shape index (κ2) is 4.05. The number of terminal acetylenes is 1. The molecule has 0 unspecified atom stereocenters. The van der Waals surface area contributed by atoms with E-state index in [1.807, 2.05) is 30.3 Å². The standard InChI is InChI=1S/C16H9FO/c1-2-11-9-13(7-8-14(11)17)16-10-12-5-3-4-6-15(12)18-16/h1,3-10H. The monoisotopic (exact) mass is 236 g/mol. The third kappa shape index (κ3) is 1.66. The van der Waals surface area contributed by atoms with E-state index in [0.717, 1.165) is 16.5 Å². The van der Waals surface area contributed by atoms with E-state index in [-0.39, 0.29) is 5.56 Å². The van der Waals surface area contributed by atoms with Gasteiger partial charge in [0, 0.05) is 10.9 Å². The van der Waals surface area contributed by atoms with Crippen molar-refractivity contribution in [2.24, 2.45) is 0 Å². The summed E-state index contributed by atoms with van der Waals surface area (Å²) in [5.41, 5.74) is 1.83. The number of fused-ring (bicyclic) bond motifs is 1. The zero-order valence-electron chi connectivity index (χ0n) is 9.48. The molecule has 0 saturated carbocycles. The Morgan fingerprint density at radius 1 is 1.06 bits per heavy atom. The van der Waals surface area contributed by atoms with Gasteiger partial charge in [-0.15, -0.1) is 6.42 Å². The Balaban J connectivity index is 2.17. The largest absolute Gasteiger partial charge is 0.456 e. The van der Waals surface area contributed by atoms with Crippen LogP contribution < -0.4 is 0 Å². The van der Waals surface area contributed by atoms with Crippen molar-refractivity contribution in [2.75, 3.05) is 0 Å². The molecule has 2 aromatic carbocycles. The first kappa shape index (κ1) is 10.6. The second-order valence-corrected chi connectivity index (χ2v) is 3.99. The lowest BCUT2D eigenvalue weighted by molar-refractivity contribution is 0.620. The van der Waals surface area contributed by atoms with Crippen LogP contribution in [0.15, 0.2) is 52.9 Å². The molecule has 1 heterocycles. The molecule has 86 valence electrons. The number of rotatable bonds is 1. The molecule has 0 aliphatic rings. The Bertz CT molecular complexity index is 729. The maximum atomic E-state index is 13.3. The zero-order chi connectivity index (χ0) is 12.5. The van der Waals surface area contributed by atoms with Crippen molar-refractivity contribution < 1.29 is 8.81 Å². The first-order valence-corrected chi connectivity index (χ1v) is 5.53. The van der Waals surface area contributed by atoms with Gasteiger partial charge in [0.2, 0.25) is 0 Å². The Morgan fingerprint density at radius 3 is 2.67 bits per heavy atom. The summed E-state index contributed by atoms with van der Waals surface area (Å²) >= 11 is 0. The molecule has 2 heteroatoms. The van der Waals surface area contributed by atoms with Gasteiger partial charge in [0.25, 0.3) is 0 Å². The van der Waals surface area contributed by atoms with Crippen LogP contribution in [0.1, 0.15) is 5.56 Å². The van der Waals surface area contributed by atoms with Crippen LogP contribution >= 0.6 is 0 Å². The van der Waals surface area contributed by atoms with Crippen LogP contribution in [0.3, 0.4) is 0 Å². The third-order valence-electron chi connectivity index (χ3n) is 2.83. The van der Waals surface area contributed by atoms with Crippen molar-refractivity contribution >= 4 is 11.0 Å². The van der Waals surface area contributed by atoms with Crippen molar-refractivity contribution in [1.82, 2.24) is 0 Å². The predicted octanol–water partition coefficient (Wildman–Crippen LogP) is 4.22. The Labute approximate surface area is 104 Å². The minimum atomic E-state index is -0.391. The van der Waals surface area contributed by atoms with Crippen LogP contribution in [0.25, 0.3) is 22.3 Å². The number of hydrogen-bond acceptors (Lipinski definition) is 1. The van der Waals surface area contributed by atoms with Crippen LogP contribution in [0, 0.1) is 18.2 Å². The van der Waals surface area contributed by atoms with Gasteiger partial charge in [0.15, 0.2) is 0 Å². The molecule has 0 N–H and O–H groups in total. The van der Waals surface area contributed by atoms with Crippen molar-refractivity contribution in [3.8, 4) is 23.7 Å². The molecule has 0 aliphatic heterocycles. The fraction of sp³-hybridized carbons (Fsp3) is 0. The van der Waals surface area contributed by atoms with E-state index in [4.69, 9.17) is 10.8 Å². The molecule has 1 nitrogen and oxygen atoms in total. The molecule has 0 aliphatic carbocycles. The molecular formula is C16H9FO. The third-order valence-corrected chi connectivity index (χ3v) is 2.83. The summed E-state index contributed by atoms with van der Waals surface area (Å²) in [5.74, 6) is 2.62. The molecule has 0 radical (unpaired) electrons. The molecular weight excluding hydrogens is 227 g/mol. The minimum absolute atomic E-state index is 0.243. The number of furan rings is 1. The summed E-state index contributed by atoms with van der Waals surface area (Å²) in [4.78, 5) is 0. The minimum Gasteiger partial charge on any atom is -0.456 e. The van der Waals surface area contributed by atoms with E-state index >= 15 is 0 Å². The predicted molar refractivity (Wildman–Crippen MR) is 69.5 cm³/mol. The molecule has 0 spiro atoms. The van der Waals surface area contributed by atoms with Crippen LogP contribution in [0.2, 0.25) is 0 Å². The van der Waals surface area contributed by atoms with Crippen molar-refractivity contribution in [3.63, 3.8) is 0 Å². The molecule has 0 atom stereocenters. The van der Waals surface area contributed by atoms with Crippen molar-refractivity contribution in [3.05, 3.63) is 59.9 Å². The molecule has 3 rings (SSSR count). The second-order valence-electron chi connectivity index (χ2n) is 3.99. The summed E-state index contributed by atoms with van der Waals surface area (Å²) in [6.07, 6.45) is 5.25. The first-order chi connectivity index (χ1) is 8.78. The highest BCUT2D eigenvalue weighted by Crippen LogP contribution is 2.28. The maximum Gasteiger partial charge on any atom is 0.138 e. The molecule has 0 fully saturated rings. The smallest absolute Gasteiger partial charge is 0.138 e. The van der Waals surface area contributed by atoms with Crippen LogP contribution in [-0.2, 0) is 0 Å². The van der Waals surface area contributed by atoms with Crippen LogP contribution in [-0.4, -0.2) is 0 Å². The normalized spacial score (nSPS) is 10.4. The fourth-order valence-electron chi connectivity index (χ4n) is 1.91. The Morgan fingerprint density at radius 2 is 1.89 bits per heavy atom. The zero-order valence-corrected chi connectivity index (χ0v) is 9.48. The SMILES string of the molecule is C#Cc1cc(-c2cc3ccccc3o2)ccc1F. The van der Waals surface area contributed by atoms with Gasteiger partial charge >= 0.3 is 0 Å². The van der Waals surface area contributed by atoms with E-state index in [2.05, 4.69) is 5.92 Å². The van der Waals surface area contributed by atoms with Gasteiger partial charge in [-0.3, -0.25) is 0 Å². The summed E-state index contributed by atoms with van der Waals surface area (Å²) in [7, 11) is 0. The van der Waals surface area contributed by atoms with Crippen LogP contribution in [0.5, 0.6) is 0 Å². The summed E-state index contributed by atoms with van der Waals surface area (Å²) < 4.78 is 19.0. The quantitative estimate of drug-likeness (QED) is 0.576. The maximum absolute atomic E-state index is 13.3. The number of para-hydroxylation sites is 1. The highest BCUT2D eigenvalue weighted by molar-refractivity contribution is 5.82. The van der Waals surface area contributed by atoms with E-state index < -0.39 is 5.82 Å². The average molecular weight is 236 g/mol. The van der Waals surface area contributed by atoms with Gasteiger partial charge < -0.3 is 4.42 Å². The molecule has 0 saturated heterocycles. The number of benzene rings is 2. The van der Waals surface area contributed by atoms with E-state index in [1.54, 1.807) is 12.1 Å². The van der Waals surface area contributed by atoms with E-state index in [9.17, 15) is 4.39 Å². The summed E-state index contributed by atoms with van der Waals surface area (Å²) in [5, 5.41) is 1.01. The summed E-state index contributed by atoms with van der Waals surface area (Å²) in [6, 6.07) is 14.3. The number of halogens is 1. The van der Waals surface area contributed by atoms with Gasteiger partial charge in [-0.25, -0.2) is 4.39 Å². The molecule has 3 aromatic rings. The topological polar surface area (TPSA) is 13.1 Å². The van der Waals surface area contributed by atoms with Crippen molar-refractivity contribution in [2.45, 2.75) is 0 Å². The van der Waals surface area contributed by atoms with Gasteiger partial charge in [-0.05, 0) is 30.3 Å². The molecule has 1 aromatic heterocycles.